The summed E-state index contributed by atoms with van der Waals surface area (Å²) < 4.78 is 0. The highest BCUT2D eigenvalue weighted by atomic mass is 15.1. The molecule has 0 aliphatic heterocycles. The molecule has 6 rings (SSSR count). The van der Waals surface area contributed by atoms with E-state index >= 15 is 0 Å². The highest BCUT2D eigenvalue weighted by Crippen LogP contribution is 2.32. The number of nitrogens with zero attached hydrogens (tertiary/aromatic N) is 5. The minimum Gasteiger partial charge on any atom is -0.397 e. The molecule has 0 amide bonds. The number of nitrogens with one attached hydrogen (secondary N) is 2. The molecule has 0 aliphatic carbocycles. The van der Waals surface area contributed by atoms with Crippen LogP contribution in [0.3, 0.4) is 0 Å². The van der Waals surface area contributed by atoms with Crippen molar-refractivity contribution in [2.45, 2.75) is 0 Å². The predicted octanol–water partition coefficient (Wildman–Crippen LogP) is 4.21. The molecule has 0 bridgehead atoms. The number of aromatic amines is 2. The van der Waals surface area contributed by atoms with Gasteiger partial charge in [0.2, 0.25) is 0 Å². The molecule has 0 spiro atoms. The molecule has 0 saturated heterocycles. The van der Waals surface area contributed by atoms with Crippen LogP contribution >= 0.6 is 0 Å². The van der Waals surface area contributed by atoms with Crippen molar-refractivity contribution in [2.75, 3.05) is 5.73 Å². The van der Waals surface area contributed by atoms with Crippen LogP contribution in [0.4, 0.5) is 5.69 Å². The van der Waals surface area contributed by atoms with Crippen molar-refractivity contribution in [1.82, 2.24) is 35.1 Å². The minimum atomic E-state index is 0.622. The van der Waals surface area contributed by atoms with Gasteiger partial charge in [0.1, 0.15) is 11.2 Å². The topological polar surface area (TPSA) is 122 Å². The average molecular weight is 404 g/mol. The third kappa shape index (κ3) is 2.89. The molecule has 8 nitrogen and oxygen atoms in total. The summed E-state index contributed by atoms with van der Waals surface area (Å²) in [5.41, 5.74) is 13.4. The molecule has 0 atom stereocenters. The summed E-state index contributed by atoms with van der Waals surface area (Å²) >= 11 is 0. The van der Waals surface area contributed by atoms with E-state index in [4.69, 9.17) is 10.7 Å². The van der Waals surface area contributed by atoms with Gasteiger partial charge in [0, 0.05) is 41.3 Å². The van der Waals surface area contributed by atoms with Gasteiger partial charge in [-0.3, -0.25) is 20.1 Å². The van der Waals surface area contributed by atoms with E-state index in [2.05, 4.69) is 36.2 Å². The first-order valence-corrected chi connectivity index (χ1v) is 9.71. The quantitative estimate of drug-likeness (QED) is 0.406. The molecule has 0 radical (unpaired) electrons. The molecular formula is C23H16N8. The first-order chi connectivity index (χ1) is 15.3. The molecule has 4 N–H and O–H groups in total. The number of nitrogen functional groups attached to an aromatic ring is 1. The number of hydrogen-bond acceptors (Lipinski definition) is 6. The smallest absolute Gasteiger partial charge is 0.159 e. The molecule has 6 aromatic rings. The lowest BCUT2D eigenvalue weighted by atomic mass is 10.0. The Morgan fingerprint density at radius 1 is 0.839 bits per heavy atom. The lowest BCUT2D eigenvalue weighted by Crippen LogP contribution is -1.88. The van der Waals surface area contributed by atoms with E-state index in [1.165, 1.54) is 0 Å². The van der Waals surface area contributed by atoms with Crippen LogP contribution in [0.2, 0.25) is 0 Å². The van der Waals surface area contributed by atoms with Crippen LogP contribution in [0.1, 0.15) is 0 Å². The molecule has 5 aromatic heterocycles. The summed E-state index contributed by atoms with van der Waals surface area (Å²) in [5.74, 6) is 0.661. The Balaban J connectivity index is 1.51. The van der Waals surface area contributed by atoms with Crippen molar-refractivity contribution in [3.8, 4) is 33.9 Å². The number of imidazole rings is 1. The maximum atomic E-state index is 5.91. The summed E-state index contributed by atoms with van der Waals surface area (Å²) in [5, 5.41) is 8.56. The molecule has 148 valence electrons. The van der Waals surface area contributed by atoms with E-state index < -0.39 is 0 Å². The Morgan fingerprint density at radius 3 is 2.65 bits per heavy atom. The second-order valence-corrected chi connectivity index (χ2v) is 7.22. The molecule has 5 heterocycles. The first-order valence-electron chi connectivity index (χ1n) is 9.71. The van der Waals surface area contributed by atoms with Gasteiger partial charge in [-0.05, 0) is 35.9 Å². The Hall–Kier alpha value is -4.59. The van der Waals surface area contributed by atoms with Gasteiger partial charge in [-0.1, -0.05) is 12.1 Å². The largest absolute Gasteiger partial charge is 0.397 e. The zero-order valence-electron chi connectivity index (χ0n) is 16.2. The Kier molecular flexibility index (Phi) is 3.76. The summed E-state index contributed by atoms with van der Waals surface area (Å²) in [7, 11) is 0. The fourth-order valence-corrected chi connectivity index (χ4v) is 3.74. The fraction of sp³-hybridized carbons (Fsp3) is 0. The molecular weight excluding hydrogens is 388 g/mol. The van der Waals surface area contributed by atoms with Crippen LogP contribution in [0, 0.1) is 0 Å². The third-order valence-electron chi connectivity index (χ3n) is 5.21. The van der Waals surface area contributed by atoms with E-state index in [-0.39, 0.29) is 0 Å². The van der Waals surface area contributed by atoms with Crippen molar-refractivity contribution in [3.63, 3.8) is 0 Å². The predicted molar refractivity (Wildman–Crippen MR) is 120 cm³/mol. The van der Waals surface area contributed by atoms with Crippen LogP contribution in [-0.2, 0) is 0 Å². The average Bonchev–Trinajstić information content (AvgIpc) is 3.43. The van der Waals surface area contributed by atoms with E-state index in [0.29, 0.717) is 11.5 Å². The summed E-state index contributed by atoms with van der Waals surface area (Å²) in [6.07, 6.45) is 8.73. The number of fused-ring (bicyclic) bond motifs is 2. The van der Waals surface area contributed by atoms with Gasteiger partial charge in [0.05, 0.1) is 28.6 Å². The molecule has 1 aromatic carbocycles. The van der Waals surface area contributed by atoms with Crippen LogP contribution in [0.25, 0.3) is 55.8 Å². The van der Waals surface area contributed by atoms with E-state index in [9.17, 15) is 0 Å². The molecule has 0 unspecified atom stereocenters. The SMILES string of the molecule is Nc1cncc(-c2ccc3[nH]nc(-c4nc5c(-c6ccccn6)cncc5[nH]4)c3c2)c1. The number of rotatable bonds is 3. The maximum absolute atomic E-state index is 5.91. The first kappa shape index (κ1) is 17.3. The molecule has 0 fully saturated rings. The van der Waals surface area contributed by atoms with Crippen LogP contribution in [0.5, 0.6) is 0 Å². The minimum absolute atomic E-state index is 0.622. The number of H-pyrrole nitrogens is 2. The molecule has 31 heavy (non-hydrogen) atoms. The van der Waals surface area contributed by atoms with Crippen molar-refractivity contribution >= 4 is 27.6 Å². The van der Waals surface area contributed by atoms with Gasteiger partial charge >= 0.3 is 0 Å². The number of nitrogens with two attached hydrogens (primary N) is 1. The molecule has 0 aliphatic rings. The van der Waals surface area contributed by atoms with Crippen LogP contribution in [0.15, 0.2) is 73.4 Å². The number of aromatic nitrogens is 7. The number of hydrogen-bond donors (Lipinski definition) is 3. The van der Waals surface area contributed by atoms with Crippen molar-refractivity contribution in [1.29, 1.82) is 0 Å². The van der Waals surface area contributed by atoms with Crippen molar-refractivity contribution < 1.29 is 0 Å². The van der Waals surface area contributed by atoms with Gasteiger partial charge in [0.25, 0.3) is 0 Å². The zero-order valence-corrected chi connectivity index (χ0v) is 16.2. The standard InChI is InChI=1S/C23H16N8/c24-15-7-14(9-25-10-15)13-4-5-19-16(8-13)22(31-30-19)23-28-20-12-26-11-17(21(20)29-23)18-3-1-2-6-27-18/h1-12H,24H2,(H,28,29)(H,30,31). The Bertz CT molecular complexity index is 1550. The van der Waals surface area contributed by atoms with E-state index in [0.717, 1.165) is 50.0 Å². The Morgan fingerprint density at radius 2 is 1.77 bits per heavy atom. The number of anilines is 1. The normalized spacial score (nSPS) is 11.4. The van der Waals surface area contributed by atoms with Gasteiger partial charge in [-0.25, -0.2) is 4.98 Å². The van der Waals surface area contributed by atoms with Gasteiger partial charge in [-0.2, -0.15) is 5.10 Å². The lowest BCUT2D eigenvalue weighted by Gasteiger charge is -2.03. The fourth-order valence-electron chi connectivity index (χ4n) is 3.74. The third-order valence-corrected chi connectivity index (χ3v) is 5.21. The van der Waals surface area contributed by atoms with Gasteiger partial charge < -0.3 is 10.7 Å². The lowest BCUT2D eigenvalue weighted by molar-refractivity contribution is 1.11. The van der Waals surface area contributed by atoms with E-state index in [1.54, 1.807) is 31.0 Å². The maximum Gasteiger partial charge on any atom is 0.159 e. The number of pyridine rings is 3. The van der Waals surface area contributed by atoms with Crippen molar-refractivity contribution in [3.05, 3.63) is 73.4 Å². The van der Waals surface area contributed by atoms with Gasteiger partial charge in [0.15, 0.2) is 5.82 Å². The van der Waals surface area contributed by atoms with Crippen molar-refractivity contribution in [2.24, 2.45) is 0 Å². The Labute approximate surface area is 176 Å². The summed E-state index contributed by atoms with van der Waals surface area (Å²) in [6, 6.07) is 13.8. The summed E-state index contributed by atoms with van der Waals surface area (Å²) in [6.45, 7) is 0. The highest BCUT2D eigenvalue weighted by molar-refractivity contribution is 5.97. The van der Waals surface area contributed by atoms with Crippen LogP contribution in [-0.4, -0.2) is 35.1 Å². The second-order valence-electron chi connectivity index (χ2n) is 7.22. The van der Waals surface area contributed by atoms with Crippen LogP contribution < -0.4 is 5.73 Å². The van der Waals surface area contributed by atoms with Gasteiger partial charge in [-0.15, -0.1) is 0 Å². The monoisotopic (exact) mass is 404 g/mol. The molecule has 8 heteroatoms. The van der Waals surface area contributed by atoms with E-state index in [1.807, 2.05) is 36.4 Å². The zero-order chi connectivity index (χ0) is 20.8. The second kappa shape index (κ2) is 6.74. The molecule has 0 saturated carbocycles. The number of benzene rings is 1. The summed E-state index contributed by atoms with van der Waals surface area (Å²) in [4.78, 5) is 21.2. The highest BCUT2D eigenvalue weighted by Gasteiger charge is 2.16.